The molecule has 2 aromatic carbocycles. The van der Waals surface area contributed by atoms with E-state index in [1.165, 1.54) is 16.9 Å². The molecule has 11 heteroatoms. The van der Waals surface area contributed by atoms with Crippen LogP contribution in [-0.4, -0.2) is 24.9 Å². The summed E-state index contributed by atoms with van der Waals surface area (Å²) < 4.78 is 68.2. The van der Waals surface area contributed by atoms with E-state index >= 15 is 0 Å². The Morgan fingerprint density at radius 1 is 0.969 bits per heavy atom. The second kappa shape index (κ2) is 8.55. The third-order valence-corrected chi connectivity index (χ3v) is 6.36. The molecule has 0 aliphatic rings. The third-order valence-electron chi connectivity index (χ3n) is 4.14. The number of anilines is 1. The smallest absolute Gasteiger partial charge is 0.426 e. The standard InChI is InChI=1S/C21H19F3N2O4S2/c1-20(2,3)18(27)30-15-11-9-13(10-12-15)16-17(14-7-5-4-6-8-14)31-19(25-16)26-32(28,29)21(22,23)24/h4-12H,1-3H3,(H,25,26). The van der Waals surface area contributed by atoms with Crippen LogP contribution in [0.5, 0.6) is 5.75 Å². The summed E-state index contributed by atoms with van der Waals surface area (Å²) in [7, 11) is -5.61. The van der Waals surface area contributed by atoms with Crippen molar-refractivity contribution in [2.75, 3.05) is 4.72 Å². The topological polar surface area (TPSA) is 85.4 Å². The monoisotopic (exact) mass is 484 g/mol. The van der Waals surface area contributed by atoms with Crippen molar-refractivity contribution in [3.63, 3.8) is 0 Å². The van der Waals surface area contributed by atoms with Crippen LogP contribution in [0, 0.1) is 5.41 Å². The largest absolute Gasteiger partial charge is 0.516 e. The maximum Gasteiger partial charge on any atom is 0.516 e. The van der Waals surface area contributed by atoms with E-state index < -0.39 is 32.0 Å². The predicted molar refractivity (Wildman–Crippen MR) is 117 cm³/mol. The van der Waals surface area contributed by atoms with Crippen molar-refractivity contribution in [3.05, 3.63) is 54.6 Å². The first-order valence-electron chi connectivity index (χ1n) is 9.26. The number of alkyl halides is 3. The van der Waals surface area contributed by atoms with E-state index in [0.717, 1.165) is 11.3 Å². The fraction of sp³-hybridized carbons (Fsp3) is 0.238. The average Bonchev–Trinajstić information content (AvgIpc) is 3.10. The number of nitrogens with zero attached hydrogens (tertiary/aromatic N) is 1. The van der Waals surface area contributed by atoms with Gasteiger partial charge < -0.3 is 4.74 Å². The highest BCUT2D eigenvalue weighted by molar-refractivity contribution is 7.93. The maximum absolute atomic E-state index is 12.8. The van der Waals surface area contributed by atoms with E-state index in [2.05, 4.69) is 4.98 Å². The van der Waals surface area contributed by atoms with Crippen LogP contribution in [0.3, 0.4) is 0 Å². The molecule has 0 aliphatic carbocycles. The number of hydrogen-bond donors (Lipinski definition) is 1. The first-order chi connectivity index (χ1) is 14.8. The third kappa shape index (κ3) is 5.28. The molecule has 0 spiro atoms. The zero-order valence-electron chi connectivity index (χ0n) is 17.2. The Kier molecular flexibility index (Phi) is 6.34. The van der Waals surface area contributed by atoms with Gasteiger partial charge in [0.05, 0.1) is 16.0 Å². The Morgan fingerprint density at radius 2 is 1.56 bits per heavy atom. The van der Waals surface area contributed by atoms with Gasteiger partial charge in [-0.25, -0.2) is 4.98 Å². The minimum atomic E-state index is -5.61. The van der Waals surface area contributed by atoms with E-state index in [1.807, 2.05) is 0 Å². The summed E-state index contributed by atoms with van der Waals surface area (Å²) in [5.41, 5.74) is -4.72. The molecule has 3 aromatic rings. The summed E-state index contributed by atoms with van der Waals surface area (Å²) in [4.78, 5) is 16.6. The Morgan fingerprint density at radius 3 is 2.09 bits per heavy atom. The van der Waals surface area contributed by atoms with E-state index in [0.29, 0.717) is 21.8 Å². The lowest BCUT2D eigenvalue weighted by molar-refractivity contribution is -0.143. The Bertz CT molecular complexity index is 1210. The molecule has 6 nitrogen and oxygen atoms in total. The summed E-state index contributed by atoms with van der Waals surface area (Å²) in [6.45, 7) is 5.15. The molecular weight excluding hydrogens is 465 g/mol. The second-order valence-electron chi connectivity index (χ2n) is 7.78. The summed E-state index contributed by atoms with van der Waals surface area (Å²) in [5, 5.41) is -0.417. The lowest BCUT2D eigenvalue weighted by atomic mass is 9.97. The van der Waals surface area contributed by atoms with E-state index in [4.69, 9.17) is 4.74 Å². The Hall–Kier alpha value is -2.92. The second-order valence-corrected chi connectivity index (χ2v) is 10.5. The Labute approximate surface area is 187 Å². The van der Waals surface area contributed by atoms with Gasteiger partial charge >= 0.3 is 21.5 Å². The number of sulfonamides is 1. The molecule has 1 N–H and O–H groups in total. The number of nitrogens with one attached hydrogen (secondary N) is 1. The number of thiazole rings is 1. The summed E-state index contributed by atoms with van der Waals surface area (Å²) in [6.07, 6.45) is 0. The first-order valence-corrected chi connectivity index (χ1v) is 11.6. The quantitative estimate of drug-likeness (QED) is 0.371. The van der Waals surface area contributed by atoms with E-state index in [9.17, 15) is 26.4 Å². The SMILES string of the molecule is CC(C)(C)C(=O)Oc1ccc(-c2nc(NS(=O)(=O)C(F)(F)F)sc2-c2ccccc2)cc1. The van der Waals surface area contributed by atoms with Crippen molar-refractivity contribution in [3.8, 4) is 27.4 Å². The zero-order chi connectivity index (χ0) is 23.7. The van der Waals surface area contributed by atoms with Crippen LogP contribution in [0.25, 0.3) is 21.7 Å². The number of carbonyl (C=O) groups excluding carboxylic acids is 1. The van der Waals surface area contributed by atoms with Gasteiger partial charge in [-0.2, -0.15) is 21.6 Å². The van der Waals surface area contributed by atoms with Gasteiger partial charge in [0.25, 0.3) is 0 Å². The normalized spacial score (nSPS) is 12.4. The van der Waals surface area contributed by atoms with Crippen LogP contribution < -0.4 is 9.46 Å². The van der Waals surface area contributed by atoms with Crippen LogP contribution in [0.1, 0.15) is 20.8 Å². The fourth-order valence-corrected chi connectivity index (χ4v) is 4.19. The molecule has 0 amide bonds. The van der Waals surface area contributed by atoms with Crippen LogP contribution in [0.15, 0.2) is 54.6 Å². The molecule has 0 saturated carbocycles. The summed E-state index contributed by atoms with van der Waals surface area (Å²) in [5.74, 6) is -0.129. The molecule has 0 aliphatic heterocycles. The van der Waals surface area contributed by atoms with Crippen LogP contribution >= 0.6 is 11.3 Å². The van der Waals surface area contributed by atoms with Gasteiger partial charge in [-0.1, -0.05) is 41.7 Å². The predicted octanol–water partition coefficient (Wildman–Crippen LogP) is 5.69. The molecule has 32 heavy (non-hydrogen) atoms. The molecular formula is C21H19F3N2O4S2. The van der Waals surface area contributed by atoms with Crippen molar-refractivity contribution < 1.29 is 31.1 Å². The van der Waals surface area contributed by atoms with Gasteiger partial charge in [0.15, 0.2) is 5.13 Å². The molecule has 0 bridgehead atoms. The molecule has 1 heterocycles. The Balaban J connectivity index is 2.00. The number of esters is 1. The molecule has 3 rings (SSSR count). The summed E-state index contributed by atoms with van der Waals surface area (Å²) >= 11 is 0.782. The number of halogens is 3. The number of hydrogen-bond acceptors (Lipinski definition) is 6. The van der Waals surface area contributed by atoms with Crippen LogP contribution in [-0.2, 0) is 14.8 Å². The minimum absolute atomic E-state index is 0.287. The van der Waals surface area contributed by atoms with Gasteiger partial charge in [-0.3, -0.25) is 9.52 Å². The summed E-state index contributed by atoms with van der Waals surface area (Å²) in [6, 6.07) is 15.0. The molecule has 1 aromatic heterocycles. The number of aromatic nitrogens is 1. The lowest BCUT2D eigenvalue weighted by Crippen LogP contribution is -2.29. The van der Waals surface area contributed by atoms with Crippen molar-refractivity contribution in [1.29, 1.82) is 0 Å². The average molecular weight is 485 g/mol. The van der Waals surface area contributed by atoms with Crippen molar-refractivity contribution >= 4 is 32.5 Å². The molecule has 0 fully saturated rings. The fourth-order valence-electron chi connectivity index (χ4n) is 2.46. The van der Waals surface area contributed by atoms with Crippen LogP contribution in [0.4, 0.5) is 18.3 Å². The molecule has 0 unspecified atom stereocenters. The highest BCUT2D eigenvalue weighted by atomic mass is 32.2. The number of ether oxygens (including phenoxy) is 1. The van der Waals surface area contributed by atoms with Gasteiger partial charge in [0.2, 0.25) is 0 Å². The van der Waals surface area contributed by atoms with Crippen molar-refractivity contribution in [2.45, 2.75) is 26.3 Å². The molecule has 0 saturated heterocycles. The molecule has 0 atom stereocenters. The van der Waals surface area contributed by atoms with Gasteiger partial charge in [0.1, 0.15) is 5.75 Å². The van der Waals surface area contributed by atoms with Crippen LogP contribution in [0.2, 0.25) is 0 Å². The van der Waals surface area contributed by atoms with Gasteiger partial charge in [-0.05, 0) is 50.6 Å². The van der Waals surface area contributed by atoms with E-state index in [1.54, 1.807) is 63.2 Å². The maximum atomic E-state index is 12.8. The van der Waals surface area contributed by atoms with Gasteiger partial charge in [0, 0.05) is 5.56 Å². The van der Waals surface area contributed by atoms with Crippen molar-refractivity contribution in [1.82, 2.24) is 4.98 Å². The number of benzene rings is 2. The van der Waals surface area contributed by atoms with E-state index in [-0.39, 0.29) is 5.69 Å². The van der Waals surface area contributed by atoms with Gasteiger partial charge in [-0.15, -0.1) is 0 Å². The lowest BCUT2D eigenvalue weighted by Gasteiger charge is -2.16. The van der Waals surface area contributed by atoms with Crippen molar-refractivity contribution in [2.24, 2.45) is 5.41 Å². The highest BCUT2D eigenvalue weighted by Crippen LogP contribution is 2.40. The number of carbonyl (C=O) groups is 1. The molecule has 0 radical (unpaired) electrons. The zero-order valence-corrected chi connectivity index (χ0v) is 18.9. The highest BCUT2D eigenvalue weighted by Gasteiger charge is 2.46. The first kappa shape index (κ1) is 23.7. The number of rotatable bonds is 5. The molecule has 170 valence electrons. The minimum Gasteiger partial charge on any atom is -0.426 e.